The maximum atomic E-state index is 12.2. The van der Waals surface area contributed by atoms with E-state index in [9.17, 15) is 4.79 Å². The summed E-state index contributed by atoms with van der Waals surface area (Å²) in [6, 6.07) is 13.5. The fourth-order valence-corrected chi connectivity index (χ4v) is 3.34. The highest BCUT2D eigenvalue weighted by Gasteiger charge is 2.09. The van der Waals surface area contributed by atoms with E-state index in [-0.39, 0.29) is 5.91 Å². The van der Waals surface area contributed by atoms with Gasteiger partial charge in [0, 0.05) is 18.5 Å². The molecule has 1 aromatic heterocycles. The minimum absolute atomic E-state index is 0.0931. The first kappa shape index (κ1) is 15.5. The van der Waals surface area contributed by atoms with Crippen LogP contribution in [-0.2, 0) is 6.42 Å². The van der Waals surface area contributed by atoms with Gasteiger partial charge in [0.2, 0.25) is 0 Å². The van der Waals surface area contributed by atoms with Crippen molar-refractivity contribution >= 4 is 27.5 Å². The molecule has 0 fully saturated rings. The Balaban J connectivity index is 1.60. The van der Waals surface area contributed by atoms with Crippen LogP contribution in [0.4, 0.5) is 0 Å². The predicted octanol–water partition coefficient (Wildman–Crippen LogP) is 3.59. The number of aryl methyl sites for hydroxylation is 1. The third-order valence-electron chi connectivity index (χ3n) is 3.63. The first-order valence-corrected chi connectivity index (χ1v) is 8.26. The Hall–Kier alpha value is -2.40. The highest BCUT2D eigenvalue weighted by Crippen LogP contribution is 2.22. The summed E-state index contributed by atoms with van der Waals surface area (Å²) >= 11 is 1.67. The Morgan fingerprint density at radius 2 is 2.09 bits per heavy atom. The second kappa shape index (κ2) is 6.79. The van der Waals surface area contributed by atoms with Gasteiger partial charge in [-0.2, -0.15) is 0 Å². The topological polar surface area (TPSA) is 51.2 Å². The average Bonchev–Trinajstić information content (AvgIpc) is 2.97. The molecule has 1 amide bonds. The third kappa shape index (κ3) is 3.51. The van der Waals surface area contributed by atoms with E-state index < -0.39 is 0 Å². The van der Waals surface area contributed by atoms with E-state index >= 15 is 0 Å². The standard InChI is InChI=1S/C18H18N2O2S/c1-12-7-8-13(11-15(12)22-2)18(21)19-10-9-17-20-14-5-3-4-6-16(14)23-17/h3-8,11H,9-10H2,1-2H3,(H,19,21). The summed E-state index contributed by atoms with van der Waals surface area (Å²) in [5, 5.41) is 3.97. The quantitative estimate of drug-likeness (QED) is 0.779. The van der Waals surface area contributed by atoms with E-state index in [0.29, 0.717) is 12.1 Å². The van der Waals surface area contributed by atoms with Crippen LogP contribution in [0.1, 0.15) is 20.9 Å². The summed E-state index contributed by atoms with van der Waals surface area (Å²) in [5.74, 6) is 0.633. The highest BCUT2D eigenvalue weighted by molar-refractivity contribution is 7.18. The maximum Gasteiger partial charge on any atom is 0.251 e. The summed E-state index contributed by atoms with van der Waals surface area (Å²) < 4.78 is 6.43. The lowest BCUT2D eigenvalue weighted by Crippen LogP contribution is -2.25. The molecule has 5 heteroatoms. The molecule has 4 nitrogen and oxygen atoms in total. The van der Waals surface area contributed by atoms with Crippen molar-refractivity contribution in [2.45, 2.75) is 13.3 Å². The average molecular weight is 326 g/mol. The predicted molar refractivity (Wildman–Crippen MR) is 93.4 cm³/mol. The van der Waals surface area contributed by atoms with Crippen LogP contribution in [0.5, 0.6) is 5.75 Å². The number of amides is 1. The fraction of sp³-hybridized carbons (Fsp3) is 0.222. The number of carbonyl (C=O) groups excluding carboxylic acids is 1. The Labute approximate surface area is 139 Å². The van der Waals surface area contributed by atoms with Crippen LogP contribution < -0.4 is 10.1 Å². The summed E-state index contributed by atoms with van der Waals surface area (Å²) in [5.41, 5.74) is 2.64. The summed E-state index contributed by atoms with van der Waals surface area (Å²) in [6.45, 7) is 2.52. The number of hydrogen-bond acceptors (Lipinski definition) is 4. The van der Waals surface area contributed by atoms with Crippen LogP contribution in [0.2, 0.25) is 0 Å². The molecule has 1 heterocycles. The number of para-hydroxylation sites is 1. The van der Waals surface area contributed by atoms with Crippen LogP contribution in [-0.4, -0.2) is 24.5 Å². The van der Waals surface area contributed by atoms with Crippen LogP contribution >= 0.6 is 11.3 Å². The Kier molecular flexibility index (Phi) is 4.57. The minimum Gasteiger partial charge on any atom is -0.496 e. The molecule has 0 spiro atoms. The number of methoxy groups -OCH3 is 1. The molecule has 2 aromatic carbocycles. The van der Waals surface area contributed by atoms with Crippen molar-refractivity contribution in [3.8, 4) is 5.75 Å². The molecule has 0 aliphatic carbocycles. The van der Waals surface area contributed by atoms with Gasteiger partial charge in [-0.05, 0) is 36.8 Å². The lowest BCUT2D eigenvalue weighted by atomic mass is 10.1. The number of aromatic nitrogens is 1. The van der Waals surface area contributed by atoms with E-state index in [2.05, 4.69) is 16.4 Å². The number of ether oxygens (including phenoxy) is 1. The number of nitrogens with one attached hydrogen (secondary N) is 1. The minimum atomic E-state index is -0.0931. The van der Waals surface area contributed by atoms with Gasteiger partial charge in [-0.1, -0.05) is 18.2 Å². The van der Waals surface area contributed by atoms with Crippen molar-refractivity contribution in [1.29, 1.82) is 0 Å². The van der Waals surface area contributed by atoms with Crippen molar-refractivity contribution in [3.63, 3.8) is 0 Å². The van der Waals surface area contributed by atoms with Gasteiger partial charge in [0.25, 0.3) is 5.91 Å². The molecule has 0 saturated heterocycles. The smallest absolute Gasteiger partial charge is 0.251 e. The first-order valence-electron chi connectivity index (χ1n) is 7.44. The third-order valence-corrected chi connectivity index (χ3v) is 4.73. The molecule has 0 atom stereocenters. The zero-order valence-corrected chi connectivity index (χ0v) is 13.9. The molecule has 0 unspecified atom stereocenters. The molecule has 0 aliphatic heterocycles. The Morgan fingerprint density at radius 3 is 2.87 bits per heavy atom. The second-order valence-corrected chi connectivity index (χ2v) is 6.38. The molecule has 0 bridgehead atoms. The molecule has 118 valence electrons. The van der Waals surface area contributed by atoms with Crippen LogP contribution in [0.15, 0.2) is 42.5 Å². The molecule has 0 aliphatic rings. The van der Waals surface area contributed by atoms with Gasteiger partial charge in [0.05, 0.1) is 22.3 Å². The molecule has 0 saturated carbocycles. The van der Waals surface area contributed by atoms with Crippen LogP contribution in [0.25, 0.3) is 10.2 Å². The Morgan fingerprint density at radius 1 is 1.26 bits per heavy atom. The second-order valence-electron chi connectivity index (χ2n) is 5.27. The highest BCUT2D eigenvalue weighted by atomic mass is 32.1. The molecule has 3 aromatic rings. The normalized spacial score (nSPS) is 10.7. The molecule has 0 radical (unpaired) electrons. The zero-order valence-electron chi connectivity index (χ0n) is 13.1. The Bertz CT molecular complexity index is 809. The molecule has 1 N–H and O–H groups in total. The van der Waals surface area contributed by atoms with E-state index in [0.717, 1.165) is 28.3 Å². The number of fused-ring (bicyclic) bond motifs is 1. The van der Waals surface area contributed by atoms with Gasteiger partial charge < -0.3 is 10.1 Å². The number of hydrogen-bond donors (Lipinski definition) is 1. The lowest BCUT2D eigenvalue weighted by molar-refractivity contribution is 0.0954. The van der Waals surface area contributed by atoms with Crippen molar-refractivity contribution in [2.75, 3.05) is 13.7 Å². The summed E-state index contributed by atoms with van der Waals surface area (Å²) in [6.07, 6.45) is 0.730. The molecular weight excluding hydrogens is 308 g/mol. The van der Waals surface area contributed by atoms with Crippen molar-refractivity contribution in [2.24, 2.45) is 0 Å². The number of carbonyl (C=O) groups is 1. The molecule has 23 heavy (non-hydrogen) atoms. The number of rotatable bonds is 5. The van der Waals surface area contributed by atoms with Crippen molar-refractivity contribution < 1.29 is 9.53 Å². The SMILES string of the molecule is COc1cc(C(=O)NCCc2nc3ccccc3s2)ccc1C. The largest absolute Gasteiger partial charge is 0.496 e. The van der Waals surface area contributed by atoms with Gasteiger partial charge in [-0.15, -0.1) is 11.3 Å². The van der Waals surface area contributed by atoms with Gasteiger partial charge >= 0.3 is 0 Å². The van der Waals surface area contributed by atoms with E-state index in [4.69, 9.17) is 4.74 Å². The maximum absolute atomic E-state index is 12.2. The van der Waals surface area contributed by atoms with E-state index in [1.807, 2.05) is 37.3 Å². The zero-order chi connectivity index (χ0) is 16.2. The van der Waals surface area contributed by atoms with Crippen molar-refractivity contribution in [3.05, 3.63) is 58.6 Å². The van der Waals surface area contributed by atoms with Gasteiger partial charge in [-0.3, -0.25) is 4.79 Å². The number of benzene rings is 2. The van der Waals surface area contributed by atoms with Gasteiger partial charge in [0.1, 0.15) is 5.75 Å². The summed E-state index contributed by atoms with van der Waals surface area (Å²) in [7, 11) is 1.61. The van der Waals surface area contributed by atoms with E-state index in [1.165, 1.54) is 4.70 Å². The van der Waals surface area contributed by atoms with Gasteiger partial charge in [-0.25, -0.2) is 4.98 Å². The van der Waals surface area contributed by atoms with Gasteiger partial charge in [0.15, 0.2) is 0 Å². The molecule has 3 rings (SSSR count). The summed E-state index contributed by atoms with van der Waals surface area (Å²) in [4.78, 5) is 16.8. The van der Waals surface area contributed by atoms with Crippen LogP contribution in [0, 0.1) is 6.92 Å². The number of nitrogens with zero attached hydrogens (tertiary/aromatic N) is 1. The monoisotopic (exact) mass is 326 g/mol. The number of thiazole rings is 1. The van der Waals surface area contributed by atoms with E-state index in [1.54, 1.807) is 24.5 Å². The first-order chi connectivity index (χ1) is 11.2. The molecular formula is C18H18N2O2S. The fourth-order valence-electron chi connectivity index (χ4n) is 2.37. The van der Waals surface area contributed by atoms with Crippen molar-refractivity contribution in [1.82, 2.24) is 10.3 Å². The van der Waals surface area contributed by atoms with Crippen LogP contribution in [0.3, 0.4) is 0 Å². The lowest BCUT2D eigenvalue weighted by Gasteiger charge is -2.08.